The molecular formula is C14H28N2O2. The molecule has 0 bridgehead atoms. The second kappa shape index (κ2) is 7.43. The molecule has 2 saturated heterocycles. The van der Waals surface area contributed by atoms with Crippen molar-refractivity contribution in [1.29, 1.82) is 0 Å². The van der Waals surface area contributed by atoms with Crippen LogP contribution in [0.2, 0.25) is 0 Å². The van der Waals surface area contributed by atoms with Gasteiger partial charge in [0.25, 0.3) is 0 Å². The maximum atomic E-state index is 6.35. The van der Waals surface area contributed by atoms with E-state index in [0.29, 0.717) is 0 Å². The van der Waals surface area contributed by atoms with Crippen molar-refractivity contribution in [3.63, 3.8) is 0 Å². The van der Waals surface area contributed by atoms with E-state index in [0.717, 1.165) is 45.2 Å². The monoisotopic (exact) mass is 256 g/mol. The molecule has 2 atom stereocenters. The Morgan fingerprint density at radius 1 is 1.28 bits per heavy atom. The standard InChI is InChI=1S/C14H28N2O2/c1-2-5-16-6-9-18-14(11-16)13(15)10-12-3-7-17-8-4-12/h12-14H,2-11,15H2,1H3. The summed E-state index contributed by atoms with van der Waals surface area (Å²) in [6.07, 6.45) is 4.86. The first kappa shape index (κ1) is 14.3. The average molecular weight is 256 g/mol. The zero-order chi connectivity index (χ0) is 12.8. The van der Waals surface area contributed by atoms with Crippen LogP contribution >= 0.6 is 0 Å². The fraction of sp³-hybridized carbons (Fsp3) is 1.00. The van der Waals surface area contributed by atoms with Gasteiger partial charge in [-0.15, -0.1) is 0 Å². The molecule has 4 nitrogen and oxygen atoms in total. The quantitative estimate of drug-likeness (QED) is 0.804. The van der Waals surface area contributed by atoms with Gasteiger partial charge < -0.3 is 15.2 Å². The fourth-order valence-corrected chi connectivity index (χ4v) is 3.03. The second-order valence-corrected chi connectivity index (χ2v) is 5.67. The molecule has 2 fully saturated rings. The maximum absolute atomic E-state index is 6.35. The molecule has 0 aliphatic carbocycles. The molecule has 0 saturated carbocycles. The molecule has 2 aliphatic rings. The van der Waals surface area contributed by atoms with Crippen molar-refractivity contribution in [2.75, 3.05) is 39.5 Å². The van der Waals surface area contributed by atoms with Gasteiger partial charge in [0.2, 0.25) is 0 Å². The SMILES string of the molecule is CCCN1CCOC(C(N)CC2CCOCC2)C1. The third kappa shape index (κ3) is 4.19. The molecule has 2 unspecified atom stereocenters. The van der Waals surface area contributed by atoms with Gasteiger partial charge in [-0.1, -0.05) is 6.92 Å². The van der Waals surface area contributed by atoms with Crippen molar-refractivity contribution in [2.24, 2.45) is 11.7 Å². The van der Waals surface area contributed by atoms with E-state index in [9.17, 15) is 0 Å². The van der Waals surface area contributed by atoms with Crippen LogP contribution in [-0.2, 0) is 9.47 Å². The van der Waals surface area contributed by atoms with Crippen LogP contribution in [-0.4, -0.2) is 56.5 Å². The first-order valence-corrected chi connectivity index (χ1v) is 7.47. The van der Waals surface area contributed by atoms with Crippen LogP contribution in [0.15, 0.2) is 0 Å². The van der Waals surface area contributed by atoms with E-state index in [2.05, 4.69) is 11.8 Å². The Morgan fingerprint density at radius 2 is 2.06 bits per heavy atom. The highest BCUT2D eigenvalue weighted by Crippen LogP contribution is 2.22. The summed E-state index contributed by atoms with van der Waals surface area (Å²) >= 11 is 0. The summed E-state index contributed by atoms with van der Waals surface area (Å²) in [7, 11) is 0. The summed E-state index contributed by atoms with van der Waals surface area (Å²) in [5.41, 5.74) is 6.35. The van der Waals surface area contributed by atoms with Crippen molar-refractivity contribution in [1.82, 2.24) is 4.90 Å². The normalized spacial score (nSPS) is 29.3. The van der Waals surface area contributed by atoms with Crippen molar-refractivity contribution in [3.8, 4) is 0 Å². The number of hydrogen-bond donors (Lipinski definition) is 1. The Labute approximate surface area is 111 Å². The Morgan fingerprint density at radius 3 is 2.78 bits per heavy atom. The van der Waals surface area contributed by atoms with Gasteiger partial charge in [0.15, 0.2) is 0 Å². The van der Waals surface area contributed by atoms with Crippen LogP contribution in [0.5, 0.6) is 0 Å². The zero-order valence-electron chi connectivity index (χ0n) is 11.6. The molecule has 2 rings (SSSR count). The molecule has 0 amide bonds. The lowest BCUT2D eigenvalue weighted by atomic mass is 9.90. The summed E-state index contributed by atoms with van der Waals surface area (Å²) in [6.45, 7) is 8.13. The fourth-order valence-electron chi connectivity index (χ4n) is 3.03. The van der Waals surface area contributed by atoms with E-state index in [1.54, 1.807) is 0 Å². The average Bonchev–Trinajstić information content (AvgIpc) is 2.40. The Kier molecular flexibility index (Phi) is 5.89. The summed E-state index contributed by atoms with van der Waals surface area (Å²) in [4.78, 5) is 2.48. The van der Waals surface area contributed by atoms with Crippen LogP contribution in [0.3, 0.4) is 0 Å². The molecule has 4 heteroatoms. The van der Waals surface area contributed by atoms with Crippen LogP contribution in [0, 0.1) is 5.92 Å². The Balaban J connectivity index is 1.74. The summed E-state index contributed by atoms with van der Waals surface area (Å²) in [5, 5.41) is 0. The minimum Gasteiger partial charge on any atom is -0.381 e. The number of rotatable bonds is 5. The minimum atomic E-state index is 0.188. The number of hydrogen-bond acceptors (Lipinski definition) is 4. The molecular weight excluding hydrogens is 228 g/mol. The highest BCUT2D eigenvalue weighted by Gasteiger charge is 2.27. The first-order valence-electron chi connectivity index (χ1n) is 7.47. The summed E-state index contributed by atoms with van der Waals surface area (Å²) in [5.74, 6) is 0.735. The number of nitrogens with zero attached hydrogens (tertiary/aromatic N) is 1. The van der Waals surface area contributed by atoms with Crippen LogP contribution in [0.4, 0.5) is 0 Å². The highest BCUT2D eigenvalue weighted by molar-refractivity contribution is 4.83. The second-order valence-electron chi connectivity index (χ2n) is 5.67. The molecule has 18 heavy (non-hydrogen) atoms. The van der Waals surface area contributed by atoms with Gasteiger partial charge in [-0.25, -0.2) is 0 Å². The lowest BCUT2D eigenvalue weighted by molar-refractivity contribution is -0.0463. The molecule has 0 spiro atoms. The Bertz CT molecular complexity index is 230. The molecule has 0 aromatic carbocycles. The van der Waals surface area contributed by atoms with Crippen molar-refractivity contribution >= 4 is 0 Å². The molecule has 0 radical (unpaired) electrons. The molecule has 2 N–H and O–H groups in total. The van der Waals surface area contributed by atoms with E-state index in [-0.39, 0.29) is 12.1 Å². The molecule has 0 aromatic rings. The maximum Gasteiger partial charge on any atom is 0.0853 e. The van der Waals surface area contributed by atoms with E-state index in [1.165, 1.54) is 25.8 Å². The summed E-state index contributed by atoms with van der Waals surface area (Å²) in [6, 6.07) is 0.188. The largest absolute Gasteiger partial charge is 0.381 e. The third-order valence-corrected chi connectivity index (χ3v) is 4.14. The van der Waals surface area contributed by atoms with E-state index in [1.807, 2.05) is 0 Å². The van der Waals surface area contributed by atoms with Crippen molar-refractivity contribution in [2.45, 2.75) is 44.8 Å². The van der Waals surface area contributed by atoms with Crippen LogP contribution < -0.4 is 5.73 Å². The van der Waals surface area contributed by atoms with Crippen LogP contribution in [0.25, 0.3) is 0 Å². The lowest BCUT2D eigenvalue weighted by Crippen LogP contribution is -2.51. The van der Waals surface area contributed by atoms with E-state index in [4.69, 9.17) is 15.2 Å². The van der Waals surface area contributed by atoms with Crippen LogP contribution in [0.1, 0.15) is 32.6 Å². The van der Waals surface area contributed by atoms with Gasteiger partial charge in [-0.05, 0) is 38.1 Å². The van der Waals surface area contributed by atoms with Gasteiger partial charge in [0.05, 0.1) is 12.7 Å². The predicted molar refractivity (Wildman–Crippen MR) is 72.6 cm³/mol. The van der Waals surface area contributed by atoms with Gasteiger partial charge in [0, 0.05) is 32.3 Å². The topological polar surface area (TPSA) is 47.7 Å². The zero-order valence-corrected chi connectivity index (χ0v) is 11.6. The number of nitrogens with two attached hydrogens (primary N) is 1. The molecule has 0 aromatic heterocycles. The Hall–Kier alpha value is -0.160. The number of ether oxygens (including phenoxy) is 2. The van der Waals surface area contributed by atoms with Crippen molar-refractivity contribution < 1.29 is 9.47 Å². The van der Waals surface area contributed by atoms with Gasteiger partial charge in [0.1, 0.15) is 0 Å². The molecule has 2 aliphatic heterocycles. The first-order chi connectivity index (χ1) is 8.79. The van der Waals surface area contributed by atoms with E-state index < -0.39 is 0 Å². The lowest BCUT2D eigenvalue weighted by Gasteiger charge is -2.37. The van der Waals surface area contributed by atoms with Gasteiger partial charge in [-0.2, -0.15) is 0 Å². The summed E-state index contributed by atoms with van der Waals surface area (Å²) < 4.78 is 11.3. The van der Waals surface area contributed by atoms with E-state index >= 15 is 0 Å². The smallest absolute Gasteiger partial charge is 0.0853 e. The predicted octanol–water partition coefficient (Wildman–Crippen LogP) is 1.24. The number of morpholine rings is 1. The third-order valence-electron chi connectivity index (χ3n) is 4.14. The minimum absolute atomic E-state index is 0.188. The van der Waals surface area contributed by atoms with Gasteiger partial charge >= 0.3 is 0 Å². The highest BCUT2D eigenvalue weighted by atomic mass is 16.5. The van der Waals surface area contributed by atoms with Gasteiger partial charge in [-0.3, -0.25) is 4.90 Å². The van der Waals surface area contributed by atoms with Crippen molar-refractivity contribution in [3.05, 3.63) is 0 Å². The molecule has 106 valence electrons. The molecule has 2 heterocycles.